The van der Waals surface area contributed by atoms with Crippen LogP contribution in [-0.4, -0.2) is 10.7 Å². The average molecular weight is 334 g/mol. The monoisotopic (exact) mass is 333 g/mol. The van der Waals surface area contributed by atoms with Gasteiger partial charge in [0, 0.05) is 10.9 Å². The van der Waals surface area contributed by atoms with Gasteiger partial charge in [-0.05, 0) is 48.9 Å². The van der Waals surface area contributed by atoms with Gasteiger partial charge in [0.05, 0.1) is 17.1 Å². The fraction of sp³-hybridized carbons (Fsp3) is 0.588. The van der Waals surface area contributed by atoms with E-state index in [0.29, 0.717) is 12.8 Å². The molecule has 3 heteroatoms. The van der Waals surface area contributed by atoms with Crippen molar-refractivity contribution in [3.8, 4) is 6.07 Å². The molecule has 1 aromatic rings. The Morgan fingerprint density at radius 2 is 1.85 bits per heavy atom. The van der Waals surface area contributed by atoms with Gasteiger partial charge in [-0.2, -0.15) is 5.26 Å². The Kier molecular flexibility index (Phi) is 3.64. The molecule has 2 nitrogen and oxygen atoms in total. The maximum atomic E-state index is 11.2. The molecule has 0 radical (unpaired) electrons. The summed E-state index contributed by atoms with van der Waals surface area (Å²) >= 11 is 3.50. The number of benzene rings is 1. The van der Waals surface area contributed by atoms with Crippen molar-refractivity contribution in [2.45, 2.75) is 57.0 Å². The summed E-state index contributed by atoms with van der Waals surface area (Å²) in [4.78, 5) is 0. The fourth-order valence-corrected chi connectivity index (χ4v) is 4.40. The van der Waals surface area contributed by atoms with E-state index >= 15 is 0 Å². The van der Waals surface area contributed by atoms with Crippen LogP contribution >= 0.6 is 15.9 Å². The Bertz CT molecular complexity index is 557. The SMILES string of the molecule is N#CC1(C2(O)CCc3cc(Br)ccc3C2)CCCCC1. The average Bonchev–Trinajstić information content (AvgIpc) is 2.48. The molecule has 0 amide bonds. The minimum Gasteiger partial charge on any atom is -0.388 e. The van der Waals surface area contributed by atoms with E-state index in [4.69, 9.17) is 0 Å². The number of hydrogen-bond donors (Lipinski definition) is 1. The summed E-state index contributed by atoms with van der Waals surface area (Å²) < 4.78 is 1.09. The summed E-state index contributed by atoms with van der Waals surface area (Å²) in [5.41, 5.74) is 1.15. The molecule has 0 spiro atoms. The van der Waals surface area contributed by atoms with Crippen molar-refractivity contribution in [3.05, 3.63) is 33.8 Å². The molecule has 0 aromatic heterocycles. The number of rotatable bonds is 1. The van der Waals surface area contributed by atoms with Gasteiger partial charge in [-0.25, -0.2) is 0 Å². The molecule has 1 N–H and O–H groups in total. The van der Waals surface area contributed by atoms with E-state index in [9.17, 15) is 10.4 Å². The number of aliphatic hydroxyl groups is 1. The Morgan fingerprint density at radius 3 is 2.55 bits per heavy atom. The molecular formula is C17H20BrNO. The highest BCUT2D eigenvalue weighted by atomic mass is 79.9. The number of nitriles is 1. The van der Waals surface area contributed by atoms with Gasteiger partial charge in [-0.15, -0.1) is 0 Å². The van der Waals surface area contributed by atoms with E-state index in [1.54, 1.807) is 0 Å². The molecule has 1 atom stereocenters. The van der Waals surface area contributed by atoms with Gasteiger partial charge in [0.1, 0.15) is 0 Å². The lowest BCUT2D eigenvalue weighted by Gasteiger charge is -2.47. The van der Waals surface area contributed by atoms with E-state index in [-0.39, 0.29) is 0 Å². The molecule has 0 heterocycles. The first kappa shape index (κ1) is 14.1. The first-order valence-electron chi connectivity index (χ1n) is 7.50. The molecule has 1 saturated carbocycles. The Labute approximate surface area is 128 Å². The number of nitrogens with zero attached hydrogens (tertiary/aromatic N) is 1. The summed E-state index contributed by atoms with van der Waals surface area (Å²) in [5.74, 6) is 0. The van der Waals surface area contributed by atoms with Crippen molar-refractivity contribution in [2.24, 2.45) is 5.41 Å². The van der Waals surface area contributed by atoms with Gasteiger partial charge in [-0.1, -0.05) is 41.3 Å². The lowest BCUT2D eigenvalue weighted by atomic mass is 9.59. The van der Waals surface area contributed by atoms with Gasteiger partial charge in [-0.3, -0.25) is 0 Å². The lowest BCUT2D eigenvalue weighted by Crippen LogP contribution is -2.52. The standard InChI is InChI=1S/C17H20BrNO/c18-15-5-4-14-11-17(20,9-6-13(14)10-15)16(12-19)7-2-1-3-8-16/h4-5,10,20H,1-3,6-9,11H2. The second-order valence-corrected chi connectivity index (χ2v) is 7.29. The second-order valence-electron chi connectivity index (χ2n) is 6.38. The van der Waals surface area contributed by atoms with Gasteiger partial charge < -0.3 is 5.11 Å². The zero-order valence-electron chi connectivity index (χ0n) is 11.7. The van der Waals surface area contributed by atoms with Crippen LogP contribution in [0.3, 0.4) is 0 Å². The molecule has 20 heavy (non-hydrogen) atoms. The maximum absolute atomic E-state index is 11.2. The minimum atomic E-state index is -0.844. The molecule has 2 aliphatic carbocycles. The Hall–Kier alpha value is -0.850. The van der Waals surface area contributed by atoms with Crippen LogP contribution in [-0.2, 0) is 12.8 Å². The molecule has 1 aromatic carbocycles. The molecule has 2 aliphatic rings. The van der Waals surface area contributed by atoms with Gasteiger partial charge in [0.25, 0.3) is 0 Å². The van der Waals surface area contributed by atoms with Crippen molar-refractivity contribution in [1.82, 2.24) is 0 Å². The topological polar surface area (TPSA) is 44.0 Å². The van der Waals surface area contributed by atoms with E-state index in [1.165, 1.54) is 17.5 Å². The molecule has 3 rings (SSSR count). The molecule has 0 bridgehead atoms. The Balaban J connectivity index is 1.94. The maximum Gasteiger partial charge on any atom is 0.0876 e. The first-order chi connectivity index (χ1) is 9.59. The number of hydrogen-bond acceptors (Lipinski definition) is 2. The van der Waals surface area contributed by atoms with Crippen LogP contribution in [0.25, 0.3) is 0 Å². The zero-order chi connectivity index (χ0) is 14.2. The summed E-state index contributed by atoms with van der Waals surface area (Å²) in [6.07, 6.45) is 7.26. The quantitative estimate of drug-likeness (QED) is 0.839. The molecule has 0 saturated heterocycles. The number of aryl methyl sites for hydroxylation is 1. The smallest absolute Gasteiger partial charge is 0.0876 e. The van der Waals surface area contributed by atoms with Crippen LogP contribution in [0.2, 0.25) is 0 Å². The summed E-state index contributed by atoms with van der Waals surface area (Å²) in [5, 5.41) is 21.0. The van der Waals surface area contributed by atoms with Crippen molar-refractivity contribution in [1.29, 1.82) is 5.26 Å². The Morgan fingerprint density at radius 1 is 1.10 bits per heavy atom. The molecular weight excluding hydrogens is 314 g/mol. The first-order valence-corrected chi connectivity index (χ1v) is 8.29. The summed E-state index contributed by atoms with van der Waals surface area (Å²) in [6, 6.07) is 8.79. The van der Waals surface area contributed by atoms with Crippen LogP contribution in [0.15, 0.2) is 22.7 Å². The van der Waals surface area contributed by atoms with Crippen molar-refractivity contribution in [2.75, 3.05) is 0 Å². The van der Waals surface area contributed by atoms with E-state index in [2.05, 4.69) is 34.1 Å². The van der Waals surface area contributed by atoms with Crippen molar-refractivity contribution < 1.29 is 5.11 Å². The van der Waals surface area contributed by atoms with E-state index < -0.39 is 11.0 Å². The predicted molar refractivity (Wildman–Crippen MR) is 82.2 cm³/mol. The van der Waals surface area contributed by atoms with Crippen LogP contribution in [0, 0.1) is 16.7 Å². The highest BCUT2D eigenvalue weighted by Gasteiger charge is 2.52. The van der Waals surface area contributed by atoms with Crippen LogP contribution in [0.4, 0.5) is 0 Å². The fourth-order valence-electron chi connectivity index (χ4n) is 3.99. The van der Waals surface area contributed by atoms with Gasteiger partial charge in [0.15, 0.2) is 0 Å². The van der Waals surface area contributed by atoms with Gasteiger partial charge in [0.2, 0.25) is 0 Å². The molecule has 1 fully saturated rings. The third kappa shape index (κ3) is 2.19. The summed E-state index contributed by atoms with van der Waals surface area (Å²) in [7, 11) is 0. The largest absolute Gasteiger partial charge is 0.388 e. The third-order valence-corrected chi connectivity index (χ3v) is 5.76. The molecule has 0 aliphatic heterocycles. The zero-order valence-corrected chi connectivity index (χ0v) is 13.2. The molecule has 106 valence electrons. The normalized spacial score (nSPS) is 28.4. The van der Waals surface area contributed by atoms with Gasteiger partial charge >= 0.3 is 0 Å². The second kappa shape index (κ2) is 5.16. The van der Waals surface area contributed by atoms with Crippen LogP contribution in [0.1, 0.15) is 49.7 Å². The van der Waals surface area contributed by atoms with Crippen LogP contribution in [0.5, 0.6) is 0 Å². The highest BCUT2D eigenvalue weighted by Crippen LogP contribution is 2.50. The third-order valence-electron chi connectivity index (χ3n) is 5.27. The van der Waals surface area contributed by atoms with Crippen molar-refractivity contribution in [3.63, 3.8) is 0 Å². The lowest BCUT2D eigenvalue weighted by molar-refractivity contribution is -0.0820. The number of fused-ring (bicyclic) bond motifs is 1. The summed E-state index contributed by atoms with van der Waals surface area (Å²) in [6.45, 7) is 0. The van der Waals surface area contributed by atoms with E-state index in [1.807, 2.05) is 6.07 Å². The molecule has 1 unspecified atom stereocenters. The van der Waals surface area contributed by atoms with E-state index in [0.717, 1.165) is 36.6 Å². The predicted octanol–water partition coefficient (Wildman–Crippen LogP) is 4.14. The number of halogens is 1. The van der Waals surface area contributed by atoms with Crippen molar-refractivity contribution >= 4 is 15.9 Å². The van der Waals surface area contributed by atoms with Crippen LogP contribution < -0.4 is 0 Å². The minimum absolute atomic E-state index is 0.532. The highest BCUT2D eigenvalue weighted by molar-refractivity contribution is 9.10.